The maximum atomic E-state index is 9.65. The summed E-state index contributed by atoms with van der Waals surface area (Å²) in [4.78, 5) is 0. The summed E-state index contributed by atoms with van der Waals surface area (Å²) in [7, 11) is 0. The van der Waals surface area contributed by atoms with E-state index in [0.29, 0.717) is 0 Å². The monoisotopic (exact) mass is 368 g/mol. The predicted molar refractivity (Wildman–Crippen MR) is 82.1 cm³/mol. The third-order valence-corrected chi connectivity index (χ3v) is 4.11. The van der Waals surface area contributed by atoms with Crippen molar-refractivity contribution in [2.24, 2.45) is 0 Å². The van der Waals surface area contributed by atoms with Crippen molar-refractivity contribution in [1.82, 2.24) is 0 Å². The van der Waals surface area contributed by atoms with Gasteiger partial charge in [0.05, 0.1) is 8.95 Å². The molecule has 1 nitrogen and oxygen atoms in total. The van der Waals surface area contributed by atoms with Gasteiger partial charge in [-0.2, -0.15) is 0 Å². The zero-order chi connectivity index (χ0) is 13.1. The van der Waals surface area contributed by atoms with Crippen molar-refractivity contribution in [3.8, 4) is 5.75 Å². The molecule has 0 aliphatic rings. The first-order chi connectivity index (χ1) is 8.56. The molecule has 0 unspecified atom stereocenters. The van der Waals surface area contributed by atoms with Gasteiger partial charge in [-0.3, -0.25) is 0 Å². The lowest BCUT2D eigenvalue weighted by Gasteiger charge is -2.06. The number of aryl methyl sites for hydroxylation is 3. The minimum absolute atomic E-state index is 0.258. The molecular weight excluding hydrogens is 356 g/mol. The van der Waals surface area contributed by atoms with Crippen LogP contribution < -0.4 is 0 Å². The Balaban J connectivity index is 2.08. The fraction of sp³-hybridized carbons (Fsp3) is 0.200. The van der Waals surface area contributed by atoms with E-state index in [9.17, 15) is 5.11 Å². The number of halogens is 2. The van der Waals surface area contributed by atoms with E-state index in [0.717, 1.165) is 21.8 Å². The number of phenols is 1. The van der Waals surface area contributed by atoms with Crippen molar-refractivity contribution < 1.29 is 5.11 Å². The summed E-state index contributed by atoms with van der Waals surface area (Å²) < 4.78 is 1.46. The zero-order valence-corrected chi connectivity index (χ0v) is 13.3. The van der Waals surface area contributed by atoms with Crippen molar-refractivity contribution in [2.45, 2.75) is 19.8 Å². The Morgan fingerprint density at radius 2 is 1.39 bits per heavy atom. The van der Waals surface area contributed by atoms with E-state index < -0.39 is 0 Å². The van der Waals surface area contributed by atoms with Crippen molar-refractivity contribution >= 4 is 31.9 Å². The molecule has 0 saturated carbocycles. The lowest BCUT2D eigenvalue weighted by atomic mass is 10.0. The molecule has 3 heteroatoms. The lowest BCUT2D eigenvalue weighted by molar-refractivity contribution is 0.468. The van der Waals surface area contributed by atoms with Gasteiger partial charge in [0.15, 0.2) is 0 Å². The van der Waals surface area contributed by atoms with Gasteiger partial charge in [-0.25, -0.2) is 0 Å². The molecule has 0 fully saturated rings. The van der Waals surface area contributed by atoms with Gasteiger partial charge in [-0.1, -0.05) is 29.8 Å². The summed E-state index contributed by atoms with van der Waals surface area (Å²) in [5, 5.41) is 9.65. The first-order valence-corrected chi connectivity index (χ1v) is 7.37. The highest BCUT2D eigenvalue weighted by molar-refractivity contribution is 9.11. The Labute approximate surface area is 124 Å². The SMILES string of the molecule is Cc1ccc(CCc2cc(Br)c(O)c(Br)c2)cc1. The Kier molecular flexibility index (Phi) is 4.46. The van der Waals surface area contributed by atoms with E-state index in [2.05, 4.69) is 63.0 Å². The van der Waals surface area contributed by atoms with Gasteiger partial charge in [0, 0.05) is 0 Å². The van der Waals surface area contributed by atoms with Crippen LogP contribution >= 0.6 is 31.9 Å². The summed E-state index contributed by atoms with van der Waals surface area (Å²) in [6, 6.07) is 12.5. The van der Waals surface area contributed by atoms with Crippen LogP contribution in [0.1, 0.15) is 16.7 Å². The van der Waals surface area contributed by atoms with Gasteiger partial charge >= 0.3 is 0 Å². The van der Waals surface area contributed by atoms with Crippen LogP contribution in [0, 0.1) is 6.92 Å². The van der Waals surface area contributed by atoms with Crippen LogP contribution in [-0.4, -0.2) is 5.11 Å². The first kappa shape index (κ1) is 13.6. The largest absolute Gasteiger partial charge is 0.506 e. The van der Waals surface area contributed by atoms with Gasteiger partial charge in [-0.15, -0.1) is 0 Å². The van der Waals surface area contributed by atoms with E-state index in [1.165, 1.54) is 16.7 Å². The molecule has 0 aromatic heterocycles. The highest BCUT2D eigenvalue weighted by atomic mass is 79.9. The van der Waals surface area contributed by atoms with Gasteiger partial charge in [0.25, 0.3) is 0 Å². The summed E-state index contributed by atoms with van der Waals surface area (Å²) in [5.41, 5.74) is 3.82. The minimum atomic E-state index is 0.258. The Hall–Kier alpha value is -0.800. The molecule has 2 aromatic rings. The molecule has 0 radical (unpaired) electrons. The molecule has 2 aromatic carbocycles. The van der Waals surface area contributed by atoms with E-state index in [4.69, 9.17) is 0 Å². The van der Waals surface area contributed by atoms with Crippen molar-refractivity contribution in [2.75, 3.05) is 0 Å². The Bertz CT molecular complexity index is 524. The molecule has 0 saturated heterocycles. The lowest BCUT2D eigenvalue weighted by Crippen LogP contribution is -1.92. The second kappa shape index (κ2) is 5.89. The van der Waals surface area contributed by atoms with Crippen LogP contribution in [0.5, 0.6) is 5.75 Å². The minimum Gasteiger partial charge on any atom is -0.506 e. The molecule has 0 spiro atoms. The summed E-state index contributed by atoms with van der Waals surface area (Å²) in [5.74, 6) is 0.258. The average Bonchev–Trinajstić information content (AvgIpc) is 2.35. The normalized spacial score (nSPS) is 10.6. The number of hydrogen-bond acceptors (Lipinski definition) is 1. The van der Waals surface area contributed by atoms with Crippen LogP contribution in [0.3, 0.4) is 0 Å². The topological polar surface area (TPSA) is 20.2 Å². The molecule has 0 heterocycles. The molecule has 1 N–H and O–H groups in total. The molecule has 0 aliphatic heterocycles. The fourth-order valence-electron chi connectivity index (χ4n) is 1.81. The quantitative estimate of drug-likeness (QED) is 0.806. The summed E-state index contributed by atoms with van der Waals surface area (Å²) in [6.07, 6.45) is 1.96. The van der Waals surface area contributed by atoms with E-state index in [1.807, 2.05) is 12.1 Å². The van der Waals surface area contributed by atoms with Crippen LogP contribution in [-0.2, 0) is 12.8 Å². The predicted octanol–water partition coefficient (Wildman–Crippen LogP) is 5.01. The number of phenolic OH excluding ortho intramolecular Hbond substituents is 1. The highest BCUT2D eigenvalue weighted by Gasteiger charge is 2.06. The van der Waals surface area contributed by atoms with Crippen LogP contribution in [0.4, 0.5) is 0 Å². The maximum Gasteiger partial charge on any atom is 0.143 e. The van der Waals surface area contributed by atoms with Crippen molar-refractivity contribution in [1.29, 1.82) is 0 Å². The van der Waals surface area contributed by atoms with Gasteiger partial charge < -0.3 is 5.11 Å². The van der Waals surface area contributed by atoms with E-state index >= 15 is 0 Å². The number of rotatable bonds is 3. The Morgan fingerprint density at radius 3 is 1.94 bits per heavy atom. The average molecular weight is 370 g/mol. The second-order valence-electron chi connectivity index (χ2n) is 4.39. The zero-order valence-electron chi connectivity index (χ0n) is 10.1. The van der Waals surface area contributed by atoms with E-state index in [-0.39, 0.29) is 5.75 Å². The molecule has 0 aliphatic carbocycles. The standard InChI is InChI=1S/C15H14Br2O/c1-10-2-4-11(5-3-10)6-7-12-8-13(16)15(18)14(17)9-12/h2-5,8-9,18H,6-7H2,1H3. The third kappa shape index (κ3) is 3.36. The Morgan fingerprint density at radius 1 is 0.889 bits per heavy atom. The summed E-state index contributed by atoms with van der Waals surface area (Å²) in [6.45, 7) is 2.10. The highest BCUT2D eigenvalue weighted by Crippen LogP contribution is 2.33. The van der Waals surface area contributed by atoms with Crippen LogP contribution in [0.25, 0.3) is 0 Å². The molecule has 18 heavy (non-hydrogen) atoms. The number of benzene rings is 2. The van der Waals surface area contributed by atoms with E-state index in [1.54, 1.807) is 0 Å². The molecule has 0 amide bonds. The van der Waals surface area contributed by atoms with Crippen LogP contribution in [0.15, 0.2) is 45.3 Å². The fourth-order valence-corrected chi connectivity index (χ4v) is 3.09. The second-order valence-corrected chi connectivity index (χ2v) is 6.10. The smallest absolute Gasteiger partial charge is 0.143 e. The molecule has 0 bridgehead atoms. The molecule has 94 valence electrons. The van der Waals surface area contributed by atoms with Crippen LogP contribution in [0.2, 0.25) is 0 Å². The molecule has 0 atom stereocenters. The first-order valence-electron chi connectivity index (χ1n) is 5.78. The van der Waals surface area contributed by atoms with Gasteiger partial charge in [0.2, 0.25) is 0 Å². The van der Waals surface area contributed by atoms with Gasteiger partial charge in [0.1, 0.15) is 5.75 Å². The molecule has 2 rings (SSSR count). The van der Waals surface area contributed by atoms with Crippen molar-refractivity contribution in [3.05, 3.63) is 62.0 Å². The number of aromatic hydroxyl groups is 1. The third-order valence-electron chi connectivity index (χ3n) is 2.90. The van der Waals surface area contributed by atoms with Gasteiger partial charge in [-0.05, 0) is 74.9 Å². The molecular formula is C15H14Br2O. The summed E-state index contributed by atoms with van der Waals surface area (Å²) >= 11 is 6.71. The maximum absolute atomic E-state index is 9.65. The number of hydrogen-bond donors (Lipinski definition) is 1. The van der Waals surface area contributed by atoms with Crippen molar-refractivity contribution in [3.63, 3.8) is 0 Å².